The molecule has 0 spiro atoms. The summed E-state index contributed by atoms with van der Waals surface area (Å²) >= 11 is 3.43. The third-order valence-corrected chi connectivity index (χ3v) is 2.72. The summed E-state index contributed by atoms with van der Waals surface area (Å²) in [7, 11) is 0. The summed E-state index contributed by atoms with van der Waals surface area (Å²) < 4.78 is 1.06. The van der Waals surface area contributed by atoms with Gasteiger partial charge in [0.25, 0.3) is 0 Å². The summed E-state index contributed by atoms with van der Waals surface area (Å²) in [5.74, 6) is 0. The SMILES string of the molecule is CC(C)(C)NCC(O)Cc1cccc(Br)c1. The Labute approximate surface area is 106 Å². The number of halogens is 1. The maximum atomic E-state index is 9.88. The first-order chi connectivity index (χ1) is 7.37. The first-order valence-corrected chi connectivity index (χ1v) is 6.34. The van der Waals surface area contributed by atoms with E-state index in [1.54, 1.807) is 0 Å². The molecular weight excluding hydrogens is 266 g/mol. The Balaban J connectivity index is 2.43. The average molecular weight is 286 g/mol. The maximum absolute atomic E-state index is 9.88. The number of aliphatic hydroxyl groups is 1. The van der Waals surface area contributed by atoms with Gasteiger partial charge in [-0.1, -0.05) is 28.1 Å². The zero-order valence-corrected chi connectivity index (χ0v) is 11.7. The summed E-state index contributed by atoms with van der Waals surface area (Å²) in [4.78, 5) is 0. The fourth-order valence-corrected chi connectivity index (χ4v) is 1.88. The molecule has 1 atom stereocenters. The van der Waals surface area contributed by atoms with Crippen LogP contribution < -0.4 is 5.32 Å². The summed E-state index contributed by atoms with van der Waals surface area (Å²) in [6.45, 7) is 6.91. The van der Waals surface area contributed by atoms with E-state index in [1.807, 2.05) is 24.3 Å². The Kier molecular flexibility index (Phi) is 4.96. The minimum atomic E-state index is -0.339. The highest BCUT2D eigenvalue weighted by atomic mass is 79.9. The average Bonchev–Trinajstić information content (AvgIpc) is 2.14. The van der Waals surface area contributed by atoms with Gasteiger partial charge in [0.15, 0.2) is 0 Å². The second-order valence-electron chi connectivity index (χ2n) is 5.12. The fraction of sp³-hybridized carbons (Fsp3) is 0.538. The molecule has 16 heavy (non-hydrogen) atoms. The largest absolute Gasteiger partial charge is 0.391 e. The molecule has 0 aliphatic heterocycles. The van der Waals surface area contributed by atoms with E-state index in [4.69, 9.17) is 0 Å². The minimum absolute atomic E-state index is 0.0538. The van der Waals surface area contributed by atoms with Crippen molar-refractivity contribution in [3.8, 4) is 0 Å². The number of β-amino-alcohol motifs (C(OH)–C–C–N with tert-alkyl or cyclic N) is 1. The van der Waals surface area contributed by atoms with E-state index in [9.17, 15) is 5.11 Å². The number of hydrogen-bond acceptors (Lipinski definition) is 2. The lowest BCUT2D eigenvalue weighted by Crippen LogP contribution is -2.41. The van der Waals surface area contributed by atoms with E-state index in [0.29, 0.717) is 13.0 Å². The predicted octanol–water partition coefficient (Wildman–Crippen LogP) is 2.74. The van der Waals surface area contributed by atoms with Gasteiger partial charge in [-0.3, -0.25) is 0 Å². The molecule has 0 aliphatic carbocycles. The number of rotatable bonds is 4. The van der Waals surface area contributed by atoms with Gasteiger partial charge in [-0.15, -0.1) is 0 Å². The Morgan fingerprint density at radius 1 is 1.38 bits per heavy atom. The molecule has 0 aliphatic rings. The molecule has 1 aromatic rings. The lowest BCUT2D eigenvalue weighted by molar-refractivity contribution is 0.161. The molecule has 1 aromatic carbocycles. The van der Waals surface area contributed by atoms with Crippen LogP contribution in [0.25, 0.3) is 0 Å². The summed E-state index contributed by atoms with van der Waals surface area (Å²) in [5, 5.41) is 13.2. The molecule has 90 valence electrons. The molecule has 2 nitrogen and oxygen atoms in total. The molecule has 0 aromatic heterocycles. The van der Waals surface area contributed by atoms with Crippen molar-refractivity contribution in [2.24, 2.45) is 0 Å². The van der Waals surface area contributed by atoms with E-state index < -0.39 is 0 Å². The van der Waals surface area contributed by atoms with Crippen molar-refractivity contribution in [2.75, 3.05) is 6.54 Å². The van der Waals surface area contributed by atoms with Gasteiger partial charge in [-0.25, -0.2) is 0 Å². The Morgan fingerprint density at radius 3 is 2.62 bits per heavy atom. The minimum Gasteiger partial charge on any atom is -0.391 e. The van der Waals surface area contributed by atoms with Gasteiger partial charge in [-0.05, 0) is 44.9 Å². The van der Waals surface area contributed by atoms with Crippen LogP contribution in [0.4, 0.5) is 0 Å². The lowest BCUT2D eigenvalue weighted by Gasteiger charge is -2.22. The van der Waals surface area contributed by atoms with Crippen molar-refractivity contribution in [2.45, 2.75) is 38.8 Å². The summed E-state index contributed by atoms with van der Waals surface area (Å²) in [6, 6.07) is 8.05. The van der Waals surface area contributed by atoms with Gasteiger partial charge in [0.2, 0.25) is 0 Å². The number of nitrogens with one attached hydrogen (secondary N) is 1. The van der Waals surface area contributed by atoms with Crippen molar-refractivity contribution in [3.05, 3.63) is 34.3 Å². The van der Waals surface area contributed by atoms with Crippen LogP contribution in [0.1, 0.15) is 26.3 Å². The van der Waals surface area contributed by atoms with Gasteiger partial charge in [0.05, 0.1) is 6.10 Å². The van der Waals surface area contributed by atoms with Crippen LogP contribution in [0.3, 0.4) is 0 Å². The molecular formula is C13H20BrNO. The van der Waals surface area contributed by atoms with E-state index in [0.717, 1.165) is 10.0 Å². The van der Waals surface area contributed by atoms with E-state index in [1.165, 1.54) is 0 Å². The summed E-state index contributed by atoms with van der Waals surface area (Å²) in [6.07, 6.45) is 0.344. The van der Waals surface area contributed by atoms with Gasteiger partial charge < -0.3 is 10.4 Å². The smallest absolute Gasteiger partial charge is 0.0705 e. The molecule has 1 rings (SSSR count). The van der Waals surface area contributed by atoms with Crippen molar-refractivity contribution in [1.82, 2.24) is 5.32 Å². The number of aliphatic hydroxyl groups excluding tert-OH is 1. The first kappa shape index (κ1) is 13.7. The fourth-order valence-electron chi connectivity index (χ4n) is 1.43. The second-order valence-corrected chi connectivity index (χ2v) is 6.03. The predicted molar refractivity (Wildman–Crippen MR) is 71.6 cm³/mol. The van der Waals surface area contributed by atoms with Gasteiger partial charge in [0.1, 0.15) is 0 Å². The lowest BCUT2D eigenvalue weighted by atomic mass is 10.1. The summed E-state index contributed by atoms with van der Waals surface area (Å²) in [5.41, 5.74) is 1.20. The topological polar surface area (TPSA) is 32.3 Å². The monoisotopic (exact) mass is 285 g/mol. The first-order valence-electron chi connectivity index (χ1n) is 5.54. The highest BCUT2D eigenvalue weighted by molar-refractivity contribution is 9.10. The zero-order chi connectivity index (χ0) is 12.2. The van der Waals surface area contributed by atoms with Crippen molar-refractivity contribution in [3.63, 3.8) is 0 Å². The third kappa shape index (κ3) is 5.64. The molecule has 0 radical (unpaired) electrons. The maximum Gasteiger partial charge on any atom is 0.0705 e. The Morgan fingerprint density at radius 2 is 2.06 bits per heavy atom. The highest BCUT2D eigenvalue weighted by Crippen LogP contribution is 2.13. The molecule has 0 fully saturated rings. The Hall–Kier alpha value is -0.380. The van der Waals surface area contributed by atoms with E-state index in [-0.39, 0.29) is 11.6 Å². The quantitative estimate of drug-likeness (QED) is 0.892. The second kappa shape index (κ2) is 5.80. The van der Waals surface area contributed by atoms with Crippen molar-refractivity contribution >= 4 is 15.9 Å². The molecule has 0 amide bonds. The van der Waals surface area contributed by atoms with E-state index in [2.05, 4.69) is 42.0 Å². The molecule has 2 N–H and O–H groups in total. The number of benzene rings is 1. The van der Waals surface area contributed by atoms with Crippen LogP contribution in [0, 0.1) is 0 Å². The van der Waals surface area contributed by atoms with Crippen LogP contribution in [0.15, 0.2) is 28.7 Å². The van der Waals surface area contributed by atoms with Gasteiger partial charge in [0, 0.05) is 16.6 Å². The third-order valence-electron chi connectivity index (χ3n) is 2.23. The van der Waals surface area contributed by atoms with Crippen LogP contribution >= 0.6 is 15.9 Å². The van der Waals surface area contributed by atoms with Crippen LogP contribution in [-0.4, -0.2) is 23.3 Å². The van der Waals surface area contributed by atoms with Crippen molar-refractivity contribution in [1.29, 1.82) is 0 Å². The standard InChI is InChI=1S/C13H20BrNO/c1-13(2,3)15-9-12(16)8-10-5-4-6-11(14)7-10/h4-7,12,15-16H,8-9H2,1-3H3. The van der Waals surface area contributed by atoms with Crippen LogP contribution in [-0.2, 0) is 6.42 Å². The van der Waals surface area contributed by atoms with Gasteiger partial charge >= 0.3 is 0 Å². The van der Waals surface area contributed by atoms with Crippen molar-refractivity contribution < 1.29 is 5.11 Å². The Bertz CT molecular complexity index is 333. The highest BCUT2D eigenvalue weighted by Gasteiger charge is 2.12. The molecule has 0 bridgehead atoms. The van der Waals surface area contributed by atoms with Gasteiger partial charge in [-0.2, -0.15) is 0 Å². The molecule has 3 heteroatoms. The molecule has 0 heterocycles. The van der Waals surface area contributed by atoms with E-state index >= 15 is 0 Å². The molecule has 1 unspecified atom stereocenters. The number of hydrogen-bond donors (Lipinski definition) is 2. The zero-order valence-electron chi connectivity index (χ0n) is 10.1. The molecule has 0 saturated carbocycles. The molecule has 0 saturated heterocycles. The van der Waals surface area contributed by atoms with Crippen LogP contribution in [0.5, 0.6) is 0 Å². The normalized spacial score (nSPS) is 13.8. The van der Waals surface area contributed by atoms with Crippen LogP contribution in [0.2, 0.25) is 0 Å².